The number of urea groups is 1. The number of carbonyl (C=O) groups excluding carboxylic acids is 1. The van der Waals surface area contributed by atoms with Crippen molar-refractivity contribution in [2.24, 2.45) is 5.92 Å². The second-order valence-electron chi connectivity index (χ2n) is 5.80. The lowest BCUT2D eigenvalue weighted by atomic mass is 9.92. The number of amides is 2. The highest BCUT2D eigenvalue weighted by Gasteiger charge is 2.49. The topological polar surface area (TPSA) is 60.9 Å². The minimum Gasteiger partial charge on any atom is -0.480 e. The van der Waals surface area contributed by atoms with Gasteiger partial charge in [-0.25, -0.2) is 9.59 Å². The number of nitrogens with zero attached hydrogens (tertiary/aromatic N) is 2. The summed E-state index contributed by atoms with van der Waals surface area (Å²) in [5.74, 6) is 0.167. The molecule has 0 aromatic rings. The summed E-state index contributed by atoms with van der Waals surface area (Å²) in [5, 5.41) is 9.40. The third-order valence-corrected chi connectivity index (χ3v) is 5.95. The van der Waals surface area contributed by atoms with Gasteiger partial charge in [-0.2, -0.15) is 0 Å². The van der Waals surface area contributed by atoms with E-state index in [2.05, 4.69) is 0 Å². The van der Waals surface area contributed by atoms with Gasteiger partial charge < -0.3 is 10.0 Å². The Labute approximate surface area is 117 Å². The van der Waals surface area contributed by atoms with Crippen LogP contribution in [0.2, 0.25) is 0 Å². The molecule has 0 radical (unpaired) electrons. The third kappa shape index (κ3) is 2.30. The van der Waals surface area contributed by atoms with Gasteiger partial charge in [0.2, 0.25) is 0 Å². The van der Waals surface area contributed by atoms with Gasteiger partial charge in [0.15, 0.2) is 0 Å². The van der Waals surface area contributed by atoms with E-state index < -0.39 is 12.0 Å². The molecule has 19 heavy (non-hydrogen) atoms. The van der Waals surface area contributed by atoms with E-state index in [4.69, 9.17) is 0 Å². The summed E-state index contributed by atoms with van der Waals surface area (Å²) in [6, 6.07) is -0.419. The minimum atomic E-state index is -0.869. The fourth-order valence-electron chi connectivity index (χ4n) is 2.82. The summed E-state index contributed by atoms with van der Waals surface area (Å²) >= 11 is 1.64. The average Bonchev–Trinajstić information content (AvgIpc) is 3.04. The van der Waals surface area contributed by atoms with E-state index in [1.54, 1.807) is 21.6 Å². The molecule has 106 valence electrons. The molecule has 0 spiro atoms. The second-order valence-corrected chi connectivity index (χ2v) is 6.95. The molecule has 1 saturated heterocycles. The lowest BCUT2D eigenvalue weighted by molar-refractivity contribution is -0.141. The van der Waals surface area contributed by atoms with Crippen molar-refractivity contribution in [3.8, 4) is 0 Å². The standard InChI is InChI=1S/C13H20N2O3S/c1-14(9-3-2-4-9)13(18)15-10(12(16)17)7-19-11(15)8-5-6-8/h8-11H,2-7H2,1H3,(H,16,17). The molecule has 2 saturated carbocycles. The van der Waals surface area contributed by atoms with Crippen LogP contribution in [0.3, 0.4) is 0 Å². The maximum Gasteiger partial charge on any atom is 0.327 e. The van der Waals surface area contributed by atoms with Gasteiger partial charge in [0.05, 0.1) is 5.37 Å². The Balaban J connectivity index is 1.76. The van der Waals surface area contributed by atoms with E-state index in [-0.39, 0.29) is 11.4 Å². The van der Waals surface area contributed by atoms with Crippen LogP contribution in [0.15, 0.2) is 0 Å². The summed E-state index contributed by atoms with van der Waals surface area (Å²) < 4.78 is 0. The van der Waals surface area contributed by atoms with Crippen molar-refractivity contribution in [1.29, 1.82) is 0 Å². The number of carboxylic acids is 1. The van der Waals surface area contributed by atoms with Gasteiger partial charge >= 0.3 is 12.0 Å². The molecule has 0 aromatic carbocycles. The number of hydrogen-bond acceptors (Lipinski definition) is 3. The van der Waals surface area contributed by atoms with Gasteiger partial charge in [-0.15, -0.1) is 11.8 Å². The van der Waals surface area contributed by atoms with Crippen LogP contribution in [0.5, 0.6) is 0 Å². The summed E-state index contributed by atoms with van der Waals surface area (Å²) in [6.07, 6.45) is 5.53. The van der Waals surface area contributed by atoms with E-state index in [1.807, 2.05) is 7.05 Å². The molecular formula is C13H20N2O3S. The summed E-state index contributed by atoms with van der Waals surface area (Å²) in [5.41, 5.74) is 0. The molecule has 2 unspecified atom stereocenters. The summed E-state index contributed by atoms with van der Waals surface area (Å²) in [7, 11) is 1.82. The van der Waals surface area contributed by atoms with Crippen LogP contribution in [0.4, 0.5) is 4.79 Å². The largest absolute Gasteiger partial charge is 0.480 e. The first-order valence-electron chi connectivity index (χ1n) is 6.99. The Hall–Kier alpha value is -0.910. The quantitative estimate of drug-likeness (QED) is 0.859. The lowest BCUT2D eigenvalue weighted by Gasteiger charge is -2.39. The first kappa shape index (κ1) is 13.1. The molecule has 3 rings (SSSR count). The predicted octanol–water partition coefficient (Wildman–Crippen LogP) is 1.83. The Kier molecular flexibility index (Phi) is 3.37. The highest BCUT2D eigenvalue weighted by molar-refractivity contribution is 8.00. The number of hydrogen-bond donors (Lipinski definition) is 1. The second kappa shape index (κ2) is 4.89. The van der Waals surface area contributed by atoms with Gasteiger partial charge in [-0.1, -0.05) is 0 Å². The lowest BCUT2D eigenvalue weighted by Crippen LogP contribution is -2.54. The third-order valence-electron chi connectivity index (χ3n) is 4.49. The minimum absolute atomic E-state index is 0.0797. The van der Waals surface area contributed by atoms with Crippen molar-refractivity contribution in [3.05, 3.63) is 0 Å². The van der Waals surface area contributed by atoms with Crippen molar-refractivity contribution in [3.63, 3.8) is 0 Å². The SMILES string of the molecule is CN(C(=O)N1C(C(=O)O)CSC1C1CC1)C1CCC1. The zero-order chi connectivity index (χ0) is 13.6. The van der Waals surface area contributed by atoms with Crippen LogP contribution in [0.1, 0.15) is 32.1 Å². The molecule has 3 aliphatic rings. The molecule has 5 nitrogen and oxygen atoms in total. The molecular weight excluding hydrogens is 264 g/mol. The smallest absolute Gasteiger partial charge is 0.327 e. The highest BCUT2D eigenvalue weighted by atomic mass is 32.2. The molecule has 0 aromatic heterocycles. The van der Waals surface area contributed by atoms with Crippen LogP contribution >= 0.6 is 11.8 Å². The number of carbonyl (C=O) groups is 2. The summed E-state index contributed by atoms with van der Waals surface area (Å²) in [6.45, 7) is 0. The molecule has 1 heterocycles. The van der Waals surface area contributed by atoms with E-state index in [1.165, 1.54) is 6.42 Å². The van der Waals surface area contributed by atoms with Gasteiger partial charge in [-0.3, -0.25) is 4.90 Å². The monoisotopic (exact) mass is 284 g/mol. The zero-order valence-corrected chi connectivity index (χ0v) is 11.9. The number of aliphatic carboxylic acids is 1. The first-order chi connectivity index (χ1) is 9.09. The van der Waals surface area contributed by atoms with Crippen LogP contribution in [0.25, 0.3) is 0 Å². The molecule has 1 N–H and O–H groups in total. The normalized spacial score (nSPS) is 31.1. The maximum atomic E-state index is 12.6. The fourth-order valence-corrected chi connectivity index (χ4v) is 4.44. The molecule has 2 atom stereocenters. The number of carboxylic acid groups (broad SMARTS) is 1. The fraction of sp³-hybridized carbons (Fsp3) is 0.846. The molecule has 6 heteroatoms. The van der Waals surface area contributed by atoms with Crippen LogP contribution in [-0.4, -0.2) is 57.2 Å². The van der Waals surface area contributed by atoms with Crippen LogP contribution < -0.4 is 0 Å². The van der Waals surface area contributed by atoms with Gasteiger partial charge in [-0.05, 0) is 38.0 Å². The summed E-state index contributed by atoms with van der Waals surface area (Å²) in [4.78, 5) is 27.4. The Bertz CT molecular complexity index is 395. The molecule has 2 amide bonds. The van der Waals surface area contributed by atoms with Crippen molar-refractivity contribution < 1.29 is 14.7 Å². The van der Waals surface area contributed by atoms with E-state index >= 15 is 0 Å². The molecule has 1 aliphatic heterocycles. The van der Waals surface area contributed by atoms with Crippen molar-refractivity contribution in [1.82, 2.24) is 9.80 Å². The van der Waals surface area contributed by atoms with E-state index in [0.29, 0.717) is 17.7 Å². The van der Waals surface area contributed by atoms with Crippen LogP contribution in [-0.2, 0) is 4.79 Å². The van der Waals surface area contributed by atoms with E-state index in [0.717, 1.165) is 25.7 Å². The number of rotatable bonds is 3. The highest BCUT2D eigenvalue weighted by Crippen LogP contribution is 2.46. The van der Waals surface area contributed by atoms with Crippen molar-refractivity contribution in [2.75, 3.05) is 12.8 Å². The average molecular weight is 284 g/mol. The molecule has 3 fully saturated rings. The molecule has 2 aliphatic carbocycles. The van der Waals surface area contributed by atoms with Crippen molar-refractivity contribution >= 4 is 23.8 Å². The Morgan fingerprint density at radius 3 is 2.42 bits per heavy atom. The first-order valence-corrected chi connectivity index (χ1v) is 8.04. The van der Waals surface area contributed by atoms with Crippen LogP contribution in [0, 0.1) is 5.92 Å². The Morgan fingerprint density at radius 2 is 1.95 bits per heavy atom. The Morgan fingerprint density at radius 1 is 1.26 bits per heavy atom. The van der Waals surface area contributed by atoms with Gasteiger partial charge in [0.1, 0.15) is 6.04 Å². The van der Waals surface area contributed by atoms with E-state index in [9.17, 15) is 14.7 Å². The molecule has 0 bridgehead atoms. The van der Waals surface area contributed by atoms with Crippen molar-refractivity contribution in [2.45, 2.75) is 49.6 Å². The predicted molar refractivity (Wildman–Crippen MR) is 73.0 cm³/mol. The zero-order valence-electron chi connectivity index (χ0n) is 11.1. The van der Waals surface area contributed by atoms with Gasteiger partial charge in [0, 0.05) is 18.8 Å². The number of thioether (sulfide) groups is 1. The van der Waals surface area contributed by atoms with Gasteiger partial charge in [0.25, 0.3) is 0 Å². The maximum absolute atomic E-state index is 12.6.